The van der Waals surface area contributed by atoms with E-state index in [0.29, 0.717) is 11.5 Å². The summed E-state index contributed by atoms with van der Waals surface area (Å²) in [4.78, 5) is 0. The van der Waals surface area contributed by atoms with Crippen LogP contribution in [0.15, 0.2) is 60.7 Å². The maximum atomic E-state index is 7.47. The third-order valence-corrected chi connectivity index (χ3v) is 14.5. The molecule has 0 radical (unpaired) electrons. The van der Waals surface area contributed by atoms with Crippen LogP contribution in [0, 0.1) is 17.4 Å². The highest BCUT2D eigenvalue weighted by atomic mass is 28.4. The Morgan fingerprint density at radius 3 is 1.65 bits per heavy atom. The molecular formula is C27H40OSi3. The minimum absolute atomic E-state index is 0.302. The summed E-state index contributed by atoms with van der Waals surface area (Å²) in [5.41, 5.74) is 4.11. The summed E-state index contributed by atoms with van der Waals surface area (Å²) in [6, 6.07) is 22.3. The van der Waals surface area contributed by atoms with Crippen LogP contribution in [0.4, 0.5) is 0 Å². The van der Waals surface area contributed by atoms with E-state index in [1.807, 2.05) is 0 Å². The molecule has 0 aromatic heterocycles. The van der Waals surface area contributed by atoms with Gasteiger partial charge in [0.25, 0.3) is 8.32 Å². The van der Waals surface area contributed by atoms with E-state index in [1.165, 1.54) is 42.5 Å². The molecule has 3 rings (SSSR count). The van der Waals surface area contributed by atoms with Crippen molar-refractivity contribution in [3.8, 4) is 11.5 Å². The minimum Gasteiger partial charge on any atom is -0.448 e. The summed E-state index contributed by atoms with van der Waals surface area (Å²) in [6.07, 6.45) is 6.60. The highest BCUT2D eigenvalue weighted by Gasteiger charge is 2.51. The maximum Gasteiger partial charge on any atom is 0.260 e. The maximum absolute atomic E-state index is 7.47. The van der Waals surface area contributed by atoms with Gasteiger partial charge in [-0.2, -0.15) is 0 Å². The predicted octanol–water partition coefficient (Wildman–Crippen LogP) is 6.43. The molecule has 0 unspecified atom stereocenters. The molecule has 2 aromatic carbocycles. The second-order valence-electron chi connectivity index (χ2n) is 11.1. The minimum atomic E-state index is -2.59. The Bertz CT molecular complexity index is 840. The standard InChI is InChI=1S/C27H40OSi3/c1-29(2,3)23-22-27(24-16-10-7-11-17-24)31(28-30(4,5)6,25-18-12-8-13-19-25)26-20-14-9-15-21-26/h8-9,12-15,18-21,24,27H,7,10-11,16-17H2,1-6H3/t27-/m1/s1. The van der Waals surface area contributed by atoms with E-state index in [2.05, 4.69) is 111 Å². The molecule has 0 aliphatic heterocycles. The van der Waals surface area contributed by atoms with Gasteiger partial charge in [0.15, 0.2) is 8.32 Å². The fraction of sp³-hybridized carbons (Fsp3) is 0.481. The van der Waals surface area contributed by atoms with Crippen molar-refractivity contribution in [3.05, 3.63) is 60.7 Å². The highest BCUT2D eigenvalue weighted by Crippen LogP contribution is 2.40. The molecule has 4 heteroatoms. The van der Waals surface area contributed by atoms with E-state index < -0.39 is 24.7 Å². The monoisotopic (exact) mass is 464 g/mol. The fourth-order valence-corrected chi connectivity index (χ4v) is 14.6. The predicted molar refractivity (Wildman–Crippen MR) is 144 cm³/mol. The van der Waals surface area contributed by atoms with E-state index >= 15 is 0 Å². The molecule has 0 heterocycles. The van der Waals surface area contributed by atoms with Crippen LogP contribution in [0.2, 0.25) is 44.8 Å². The third kappa shape index (κ3) is 6.32. The molecule has 1 aliphatic rings. The lowest BCUT2D eigenvalue weighted by Crippen LogP contribution is -2.68. The van der Waals surface area contributed by atoms with E-state index in [9.17, 15) is 0 Å². The number of benzene rings is 2. The van der Waals surface area contributed by atoms with Gasteiger partial charge in [-0.25, -0.2) is 0 Å². The second kappa shape index (κ2) is 10.0. The Labute approximate surface area is 193 Å². The van der Waals surface area contributed by atoms with Crippen molar-refractivity contribution in [3.63, 3.8) is 0 Å². The molecule has 1 fully saturated rings. The average Bonchev–Trinajstić information content (AvgIpc) is 2.73. The molecule has 2 aromatic rings. The molecule has 0 saturated heterocycles. The SMILES string of the molecule is C[Si](C)(C)C#C[C@H](C1CCCCC1)[Si](O[Si](C)(C)C)(c1ccccc1)c1ccccc1. The molecule has 1 aliphatic carbocycles. The summed E-state index contributed by atoms with van der Waals surface area (Å²) in [5.74, 6) is 4.59. The molecule has 0 spiro atoms. The lowest BCUT2D eigenvalue weighted by atomic mass is 9.87. The molecule has 1 atom stereocenters. The number of hydrogen-bond acceptors (Lipinski definition) is 1. The van der Waals surface area contributed by atoms with Crippen LogP contribution in [-0.2, 0) is 4.12 Å². The normalized spacial score (nSPS) is 17.0. The van der Waals surface area contributed by atoms with Gasteiger partial charge in [-0.1, -0.05) is 99.6 Å². The number of hydrogen-bond donors (Lipinski definition) is 0. The van der Waals surface area contributed by atoms with E-state index in [1.54, 1.807) is 0 Å². The summed E-state index contributed by atoms with van der Waals surface area (Å²) >= 11 is 0. The zero-order chi connectivity index (χ0) is 22.5. The molecule has 0 amide bonds. The average molecular weight is 465 g/mol. The molecular weight excluding hydrogens is 425 g/mol. The van der Waals surface area contributed by atoms with E-state index in [0.717, 1.165) is 0 Å². The zero-order valence-electron chi connectivity index (χ0n) is 20.4. The van der Waals surface area contributed by atoms with Crippen molar-refractivity contribution in [2.45, 2.75) is 76.9 Å². The number of rotatable bonds is 6. The highest BCUT2D eigenvalue weighted by molar-refractivity contribution is 7.03. The molecule has 1 saturated carbocycles. The van der Waals surface area contributed by atoms with Crippen LogP contribution in [-0.4, -0.2) is 24.7 Å². The Balaban J connectivity index is 2.31. The van der Waals surface area contributed by atoms with Crippen molar-refractivity contribution in [2.75, 3.05) is 0 Å². The van der Waals surface area contributed by atoms with Gasteiger partial charge >= 0.3 is 0 Å². The zero-order valence-corrected chi connectivity index (χ0v) is 23.4. The van der Waals surface area contributed by atoms with E-state index in [4.69, 9.17) is 4.12 Å². The van der Waals surface area contributed by atoms with Gasteiger partial charge in [-0.15, -0.1) is 11.5 Å². The summed E-state index contributed by atoms with van der Waals surface area (Å²) in [5, 5.41) is 2.79. The topological polar surface area (TPSA) is 9.23 Å². The first kappa shape index (κ1) is 24.3. The molecule has 31 heavy (non-hydrogen) atoms. The summed E-state index contributed by atoms with van der Waals surface area (Å²) < 4.78 is 7.47. The Kier molecular flexibility index (Phi) is 7.86. The van der Waals surface area contributed by atoms with Gasteiger partial charge in [0.05, 0.1) is 0 Å². The third-order valence-electron chi connectivity index (χ3n) is 6.03. The van der Waals surface area contributed by atoms with Gasteiger partial charge in [-0.3, -0.25) is 0 Å². The lowest BCUT2D eigenvalue weighted by Gasteiger charge is -2.45. The quantitative estimate of drug-likeness (QED) is 0.353. The van der Waals surface area contributed by atoms with E-state index in [-0.39, 0.29) is 0 Å². The summed E-state index contributed by atoms with van der Waals surface area (Å²) in [7, 11) is -5.95. The second-order valence-corrected chi connectivity index (χ2v) is 24.1. The Hall–Kier alpha value is -1.39. The van der Waals surface area contributed by atoms with Gasteiger partial charge in [-0.05, 0) is 48.8 Å². The molecule has 0 N–H and O–H groups in total. The molecule has 0 bridgehead atoms. The van der Waals surface area contributed by atoms with Crippen LogP contribution in [0.1, 0.15) is 32.1 Å². The van der Waals surface area contributed by atoms with Crippen LogP contribution in [0.5, 0.6) is 0 Å². The van der Waals surface area contributed by atoms with Gasteiger partial charge in [0.1, 0.15) is 8.07 Å². The first-order valence-corrected chi connectivity index (χ1v) is 20.9. The summed E-state index contributed by atoms with van der Waals surface area (Å²) in [6.45, 7) is 14.2. The van der Waals surface area contributed by atoms with Crippen molar-refractivity contribution in [2.24, 2.45) is 5.92 Å². The van der Waals surface area contributed by atoms with Crippen molar-refractivity contribution < 1.29 is 4.12 Å². The van der Waals surface area contributed by atoms with Crippen LogP contribution >= 0.6 is 0 Å². The van der Waals surface area contributed by atoms with Crippen LogP contribution in [0.3, 0.4) is 0 Å². The smallest absolute Gasteiger partial charge is 0.260 e. The van der Waals surface area contributed by atoms with Gasteiger partial charge in [0.2, 0.25) is 0 Å². The van der Waals surface area contributed by atoms with Crippen molar-refractivity contribution in [1.29, 1.82) is 0 Å². The van der Waals surface area contributed by atoms with Crippen molar-refractivity contribution in [1.82, 2.24) is 0 Å². The lowest BCUT2D eigenvalue weighted by molar-refractivity contribution is 0.350. The van der Waals surface area contributed by atoms with Crippen LogP contribution < -0.4 is 10.4 Å². The first-order valence-electron chi connectivity index (χ1n) is 12.0. The van der Waals surface area contributed by atoms with Gasteiger partial charge in [0, 0.05) is 5.54 Å². The molecule has 166 valence electrons. The van der Waals surface area contributed by atoms with Crippen molar-refractivity contribution >= 4 is 35.1 Å². The largest absolute Gasteiger partial charge is 0.448 e. The van der Waals surface area contributed by atoms with Crippen LogP contribution in [0.25, 0.3) is 0 Å². The molecule has 1 nitrogen and oxygen atoms in total. The Morgan fingerprint density at radius 2 is 1.23 bits per heavy atom. The first-order chi connectivity index (χ1) is 14.6. The fourth-order valence-electron chi connectivity index (χ4n) is 4.87. The van der Waals surface area contributed by atoms with Gasteiger partial charge < -0.3 is 4.12 Å². The Morgan fingerprint density at radius 1 is 0.742 bits per heavy atom.